The molecule has 3 nitrogen and oxygen atoms in total. The Labute approximate surface area is 80.3 Å². The minimum Gasteiger partial charge on any atom is -0.463 e. The molecule has 0 aliphatic carbocycles. The van der Waals surface area contributed by atoms with Gasteiger partial charge < -0.3 is 8.94 Å². The van der Waals surface area contributed by atoms with Gasteiger partial charge in [-0.1, -0.05) is 5.16 Å². The van der Waals surface area contributed by atoms with E-state index in [9.17, 15) is 0 Å². The molecular weight excluding hydrogens is 178 g/mol. The van der Waals surface area contributed by atoms with Gasteiger partial charge >= 0.3 is 0 Å². The minimum absolute atomic E-state index is 0.782. The van der Waals surface area contributed by atoms with Gasteiger partial charge in [0.05, 0.1) is 17.3 Å². The SMILES string of the molecule is Cc1coc2c1ccc1onc(C)c12. The fourth-order valence-corrected chi connectivity index (χ4v) is 1.79. The van der Waals surface area contributed by atoms with Crippen LogP contribution in [0.3, 0.4) is 0 Å². The second kappa shape index (κ2) is 2.38. The van der Waals surface area contributed by atoms with Gasteiger partial charge in [0, 0.05) is 5.39 Å². The highest BCUT2D eigenvalue weighted by molar-refractivity contribution is 6.04. The fraction of sp³-hybridized carbons (Fsp3) is 0.182. The van der Waals surface area contributed by atoms with E-state index in [2.05, 4.69) is 5.16 Å². The summed E-state index contributed by atoms with van der Waals surface area (Å²) in [6, 6.07) is 3.93. The molecule has 0 bridgehead atoms. The molecular formula is C11H9NO2. The van der Waals surface area contributed by atoms with Crippen molar-refractivity contribution < 1.29 is 8.94 Å². The molecule has 1 aromatic carbocycles. The molecule has 0 N–H and O–H groups in total. The van der Waals surface area contributed by atoms with Gasteiger partial charge in [-0.05, 0) is 31.5 Å². The minimum atomic E-state index is 0.782. The predicted molar refractivity (Wildman–Crippen MR) is 53.3 cm³/mol. The lowest BCUT2D eigenvalue weighted by atomic mass is 10.1. The fourth-order valence-electron chi connectivity index (χ4n) is 1.79. The first-order valence-electron chi connectivity index (χ1n) is 4.50. The lowest BCUT2D eigenvalue weighted by Crippen LogP contribution is -1.72. The second-order valence-electron chi connectivity index (χ2n) is 3.50. The molecule has 0 aliphatic heterocycles. The summed E-state index contributed by atoms with van der Waals surface area (Å²) >= 11 is 0. The Bertz CT molecular complexity index is 619. The molecule has 3 aromatic rings. The van der Waals surface area contributed by atoms with Crippen molar-refractivity contribution >= 4 is 21.9 Å². The van der Waals surface area contributed by atoms with Gasteiger partial charge in [-0.25, -0.2) is 0 Å². The number of rotatable bonds is 0. The van der Waals surface area contributed by atoms with Gasteiger partial charge in [0.15, 0.2) is 5.58 Å². The van der Waals surface area contributed by atoms with Crippen LogP contribution in [0.2, 0.25) is 0 Å². The van der Waals surface area contributed by atoms with Crippen LogP contribution in [0, 0.1) is 13.8 Å². The monoisotopic (exact) mass is 187 g/mol. The predicted octanol–water partition coefficient (Wildman–Crippen LogP) is 3.19. The maximum Gasteiger partial charge on any atom is 0.170 e. The summed E-state index contributed by atoms with van der Waals surface area (Å²) in [5.74, 6) is 0. The molecule has 0 saturated heterocycles. The molecule has 0 fully saturated rings. The van der Waals surface area contributed by atoms with Crippen molar-refractivity contribution in [2.75, 3.05) is 0 Å². The lowest BCUT2D eigenvalue weighted by molar-refractivity contribution is 0.450. The molecule has 0 saturated carbocycles. The Morgan fingerprint density at radius 2 is 2.07 bits per heavy atom. The van der Waals surface area contributed by atoms with E-state index in [4.69, 9.17) is 8.94 Å². The van der Waals surface area contributed by atoms with Crippen LogP contribution in [0.4, 0.5) is 0 Å². The molecule has 3 heteroatoms. The molecule has 14 heavy (non-hydrogen) atoms. The highest BCUT2D eigenvalue weighted by Gasteiger charge is 2.12. The quantitative estimate of drug-likeness (QED) is 0.542. The molecule has 2 aromatic heterocycles. The zero-order valence-corrected chi connectivity index (χ0v) is 8.00. The Morgan fingerprint density at radius 1 is 1.21 bits per heavy atom. The number of fused-ring (bicyclic) bond motifs is 3. The number of hydrogen-bond donors (Lipinski definition) is 0. The first kappa shape index (κ1) is 7.62. The topological polar surface area (TPSA) is 39.2 Å². The average Bonchev–Trinajstić information content (AvgIpc) is 2.72. The zero-order valence-electron chi connectivity index (χ0n) is 8.00. The van der Waals surface area contributed by atoms with Crippen LogP contribution in [-0.4, -0.2) is 5.16 Å². The van der Waals surface area contributed by atoms with Gasteiger partial charge in [0.25, 0.3) is 0 Å². The number of aryl methyl sites for hydroxylation is 2. The number of furan rings is 1. The highest BCUT2D eigenvalue weighted by atomic mass is 16.5. The third kappa shape index (κ3) is 0.789. The smallest absolute Gasteiger partial charge is 0.170 e. The Morgan fingerprint density at radius 3 is 2.93 bits per heavy atom. The summed E-state index contributed by atoms with van der Waals surface area (Å²) in [4.78, 5) is 0. The van der Waals surface area contributed by atoms with Gasteiger partial charge in [0.2, 0.25) is 0 Å². The molecule has 0 spiro atoms. The van der Waals surface area contributed by atoms with E-state index in [-0.39, 0.29) is 0 Å². The third-order valence-corrected chi connectivity index (χ3v) is 2.54. The summed E-state index contributed by atoms with van der Waals surface area (Å²) in [5, 5.41) is 6.03. The van der Waals surface area contributed by atoms with Crippen molar-refractivity contribution in [3.8, 4) is 0 Å². The van der Waals surface area contributed by atoms with Crippen molar-refractivity contribution in [3.63, 3.8) is 0 Å². The molecule has 0 radical (unpaired) electrons. The number of benzene rings is 1. The number of nitrogens with zero attached hydrogens (tertiary/aromatic N) is 1. The molecule has 0 unspecified atom stereocenters. The second-order valence-corrected chi connectivity index (χ2v) is 3.50. The van der Waals surface area contributed by atoms with Crippen molar-refractivity contribution in [1.29, 1.82) is 0 Å². The van der Waals surface area contributed by atoms with E-state index in [1.807, 2.05) is 26.0 Å². The first-order valence-corrected chi connectivity index (χ1v) is 4.50. The van der Waals surface area contributed by atoms with Gasteiger partial charge in [-0.3, -0.25) is 0 Å². The van der Waals surface area contributed by atoms with Crippen molar-refractivity contribution in [1.82, 2.24) is 5.16 Å². The van der Waals surface area contributed by atoms with Crippen LogP contribution in [0.1, 0.15) is 11.3 Å². The molecule has 0 atom stereocenters. The molecule has 2 heterocycles. The maximum absolute atomic E-state index is 5.50. The van der Waals surface area contributed by atoms with Gasteiger partial charge in [0.1, 0.15) is 5.58 Å². The third-order valence-electron chi connectivity index (χ3n) is 2.54. The lowest BCUT2D eigenvalue weighted by Gasteiger charge is -1.90. The number of hydrogen-bond acceptors (Lipinski definition) is 3. The molecule has 0 amide bonds. The van der Waals surface area contributed by atoms with Crippen LogP contribution in [-0.2, 0) is 0 Å². The van der Waals surface area contributed by atoms with Gasteiger partial charge in [-0.15, -0.1) is 0 Å². The largest absolute Gasteiger partial charge is 0.463 e. The van der Waals surface area contributed by atoms with E-state index >= 15 is 0 Å². The Hall–Kier alpha value is -1.77. The summed E-state index contributed by atoms with van der Waals surface area (Å²) in [5.41, 5.74) is 3.67. The normalized spacial score (nSPS) is 11.6. The number of aromatic nitrogens is 1. The molecule has 70 valence electrons. The van der Waals surface area contributed by atoms with Crippen molar-refractivity contribution in [2.45, 2.75) is 13.8 Å². The summed E-state index contributed by atoms with van der Waals surface area (Å²) in [6.45, 7) is 3.95. The Kier molecular flexibility index (Phi) is 1.29. The average molecular weight is 187 g/mol. The zero-order chi connectivity index (χ0) is 9.71. The van der Waals surface area contributed by atoms with Crippen LogP contribution >= 0.6 is 0 Å². The Balaban J connectivity index is 2.66. The van der Waals surface area contributed by atoms with E-state index in [0.717, 1.165) is 33.2 Å². The summed E-state index contributed by atoms with van der Waals surface area (Å²) in [6.07, 6.45) is 1.76. The van der Waals surface area contributed by atoms with Crippen LogP contribution in [0.5, 0.6) is 0 Å². The summed E-state index contributed by atoms with van der Waals surface area (Å²) in [7, 11) is 0. The van der Waals surface area contributed by atoms with Gasteiger partial charge in [-0.2, -0.15) is 0 Å². The van der Waals surface area contributed by atoms with E-state index in [0.29, 0.717) is 0 Å². The van der Waals surface area contributed by atoms with Crippen molar-refractivity contribution in [3.05, 3.63) is 29.7 Å². The maximum atomic E-state index is 5.50. The standard InChI is InChI=1S/C11H9NO2/c1-6-5-13-11-8(6)3-4-9-10(11)7(2)12-14-9/h3-5H,1-2H3. The van der Waals surface area contributed by atoms with E-state index in [1.54, 1.807) is 6.26 Å². The van der Waals surface area contributed by atoms with Crippen LogP contribution in [0.25, 0.3) is 21.9 Å². The highest BCUT2D eigenvalue weighted by Crippen LogP contribution is 2.30. The molecule has 3 rings (SSSR count). The first-order chi connectivity index (χ1) is 6.77. The summed E-state index contributed by atoms with van der Waals surface area (Å²) < 4.78 is 10.7. The molecule has 0 aliphatic rings. The van der Waals surface area contributed by atoms with E-state index in [1.165, 1.54) is 0 Å². The van der Waals surface area contributed by atoms with E-state index < -0.39 is 0 Å². The van der Waals surface area contributed by atoms with Crippen molar-refractivity contribution in [2.24, 2.45) is 0 Å². The van der Waals surface area contributed by atoms with Crippen LogP contribution < -0.4 is 0 Å². The van der Waals surface area contributed by atoms with Crippen LogP contribution in [0.15, 0.2) is 27.3 Å².